The van der Waals surface area contributed by atoms with Crippen LogP contribution in [0, 0.1) is 0 Å². The van der Waals surface area contributed by atoms with Gasteiger partial charge in [-0.3, -0.25) is 15.0 Å². The largest absolute Gasteiger partial charge is 0.508 e. The topological polar surface area (TPSA) is 131 Å². The van der Waals surface area contributed by atoms with E-state index in [0.29, 0.717) is 11.3 Å². The molecule has 1 aromatic heterocycles. The van der Waals surface area contributed by atoms with Crippen molar-refractivity contribution in [2.75, 3.05) is 0 Å². The fourth-order valence-corrected chi connectivity index (χ4v) is 2.13. The minimum atomic E-state index is -1.13. The molecular weight excluding hydrogens is 312 g/mol. The van der Waals surface area contributed by atoms with Gasteiger partial charge in [0.2, 0.25) is 0 Å². The summed E-state index contributed by atoms with van der Waals surface area (Å²) in [6, 6.07) is 12.3. The van der Waals surface area contributed by atoms with E-state index in [4.69, 9.17) is 5.11 Å². The minimum Gasteiger partial charge on any atom is -0.508 e. The quantitative estimate of drug-likeness (QED) is 0.549. The lowest BCUT2D eigenvalue weighted by atomic mass is 10.1. The number of hydrogen-bond acceptors (Lipinski definition) is 5. The number of carboxylic acid groups (broad SMARTS) is 1. The number of nitrogens with one attached hydrogen (secondary N) is 2. The molecular formula is C16H12N4O4. The second-order valence-corrected chi connectivity index (χ2v) is 4.87. The summed E-state index contributed by atoms with van der Waals surface area (Å²) in [6.45, 7) is 0. The number of benzene rings is 2. The number of carboxylic acids is 1. The Hall–Kier alpha value is -3.68. The molecule has 0 atom stereocenters. The molecule has 0 aliphatic carbocycles. The Morgan fingerprint density at radius 2 is 1.67 bits per heavy atom. The fourth-order valence-electron chi connectivity index (χ4n) is 2.13. The van der Waals surface area contributed by atoms with E-state index in [1.807, 2.05) is 0 Å². The number of azo groups is 1. The second kappa shape index (κ2) is 6.21. The van der Waals surface area contributed by atoms with E-state index in [0.717, 1.165) is 0 Å². The van der Waals surface area contributed by atoms with Crippen LogP contribution in [0.15, 0.2) is 63.6 Å². The van der Waals surface area contributed by atoms with Crippen molar-refractivity contribution in [3.05, 3.63) is 64.4 Å². The number of nitrogens with zero attached hydrogens (tertiary/aromatic N) is 2. The maximum absolute atomic E-state index is 11.9. The van der Waals surface area contributed by atoms with E-state index in [-0.39, 0.29) is 22.7 Å². The summed E-state index contributed by atoms with van der Waals surface area (Å²) in [7, 11) is 0. The van der Waals surface area contributed by atoms with Gasteiger partial charge in [0.1, 0.15) is 11.4 Å². The van der Waals surface area contributed by atoms with Crippen LogP contribution in [-0.4, -0.2) is 26.4 Å². The number of rotatable bonds is 4. The highest BCUT2D eigenvalue weighted by Crippen LogP contribution is 2.28. The Bertz CT molecular complexity index is 970. The monoisotopic (exact) mass is 324 g/mol. The molecule has 8 nitrogen and oxygen atoms in total. The summed E-state index contributed by atoms with van der Waals surface area (Å²) in [5, 5.41) is 31.4. The molecule has 0 bridgehead atoms. The van der Waals surface area contributed by atoms with Gasteiger partial charge in [0, 0.05) is 5.56 Å². The Balaban J connectivity index is 2.03. The summed E-state index contributed by atoms with van der Waals surface area (Å²) in [4.78, 5) is 23.1. The van der Waals surface area contributed by atoms with Gasteiger partial charge in [-0.05, 0) is 36.4 Å². The molecule has 120 valence electrons. The molecule has 3 rings (SSSR count). The van der Waals surface area contributed by atoms with Gasteiger partial charge in [-0.15, -0.1) is 10.2 Å². The summed E-state index contributed by atoms with van der Waals surface area (Å²) in [6.07, 6.45) is 0. The van der Waals surface area contributed by atoms with Gasteiger partial charge in [0.25, 0.3) is 5.56 Å². The highest BCUT2D eigenvalue weighted by atomic mass is 16.4. The predicted octanol–water partition coefficient (Wildman–Crippen LogP) is 3.19. The van der Waals surface area contributed by atoms with Crippen molar-refractivity contribution in [1.29, 1.82) is 0 Å². The van der Waals surface area contributed by atoms with Crippen molar-refractivity contribution in [1.82, 2.24) is 10.2 Å². The smallest absolute Gasteiger partial charge is 0.337 e. The molecule has 24 heavy (non-hydrogen) atoms. The Morgan fingerprint density at radius 1 is 0.958 bits per heavy atom. The van der Waals surface area contributed by atoms with Gasteiger partial charge in [0.15, 0.2) is 5.69 Å². The maximum Gasteiger partial charge on any atom is 0.337 e. The molecule has 4 N–H and O–H groups in total. The molecule has 1 heterocycles. The lowest BCUT2D eigenvalue weighted by Crippen LogP contribution is -1.97. The van der Waals surface area contributed by atoms with Crippen LogP contribution in [0.25, 0.3) is 11.3 Å². The van der Waals surface area contributed by atoms with Crippen molar-refractivity contribution in [2.24, 2.45) is 10.2 Å². The molecule has 0 amide bonds. The van der Waals surface area contributed by atoms with Gasteiger partial charge in [0.05, 0.1) is 11.3 Å². The first kappa shape index (κ1) is 15.2. The third kappa shape index (κ3) is 2.93. The molecule has 2 aromatic carbocycles. The highest BCUT2D eigenvalue weighted by Gasteiger charge is 2.13. The second-order valence-electron chi connectivity index (χ2n) is 4.87. The van der Waals surface area contributed by atoms with E-state index in [9.17, 15) is 14.7 Å². The van der Waals surface area contributed by atoms with Crippen LogP contribution in [0.5, 0.6) is 5.75 Å². The molecule has 0 saturated carbocycles. The third-order valence-electron chi connectivity index (χ3n) is 3.30. The predicted molar refractivity (Wildman–Crippen MR) is 86.1 cm³/mol. The number of phenolic OH excluding ortho intramolecular Hbond substituents is 1. The number of carbonyl (C=O) groups is 1. The van der Waals surface area contributed by atoms with Crippen LogP contribution < -0.4 is 5.56 Å². The lowest BCUT2D eigenvalue weighted by molar-refractivity contribution is 0.0697. The maximum atomic E-state index is 11.9. The van der Waals surface area contributed by atoms with E-state index in [1.54, 1.807) is 24.3 Å². The van der Waals surface area contributed by atoms with Crippen LogP contribution >= 0.6 is 0 Å². The highest BCUT2D eigenvalue weighted by molar-refractivity contribution is 5.93. The van der Waals surface area contributed by atoms with Crippen LogP contribution in [0.3, 0.4) is 0 Å². The zero-order valence-electron chi connectivity index (χ0n) is 12.2. The van der Waals surface area contributed by atoms with Crippen LogP contribution in [0.1, 0.15) is 10.4 Å². The number of aromatic amines is 2. The summed E-state index contributed by atoms with van der Waals surface area (Å²) >= 11 is 0. The number of hydrogen-bond donors (Lipinski definition) is 4. The Kier molecular flexibility index (Phi) is 3.94. The van der Waals surface area contributed by atoms with Gasteiger partial charge < -0.3 is 10.2 Å². The van der Waals surface area contributed by atoms with Crippen LogP contribution in [0.4, 0.5) is 11.4 Å². The Morgan fingerprint density at radius 3 is 2.38 bits per heavy atom. The van der Waals surface area contributed by atoms with Gasteiger partial charge in [-0.2, -0.15) is 0 Å². The van der Waals surface area contributed by atoms with E-state index < -0.39 is 11.5 Å². The van der Waals surface area contributed by atoms with Gasteiger partial charge >= 0.3 is 5.97 Å². The molecule has 0 aliphatic heterocycles. The summed E-state index contributed by atoms with van der Waals surface area (Å²) in [5.41, 5.74) is 0.653. The average molecular weight is 324 g/mol. The first-order valence-electron chi connectivity index (χ1n) is 6.90. The van der Waals surface area contributed by atoms with Crippen molar-refractivity contribution in [3.8, 4) is 17.0 Å². The van der Waals surface area contributed by atoms with Crippen molar-refractivity contribution in [2.45, 2.75) is 0 Å². The third-order valence-corrected chi connectivity index (χ3v) is 3.30. The van der Waals surface area contributed by atoms with Gasteiger partial charge in [-0.1, -0.05) is 12.1 Å². The van der Waals surface area contributed by atoms with E-state index in [1.165, 1.54) is 24.3 Å². The molecule has 0 aliphatic rings. The van der Waals surface area contributed by atoms with Crippen molar-refractivity contribution >= 4 is 17.3 Å². The summed E-state index contributed by atoms with van der Waals surface area (Å²) < 4.78 is 0. The lowest BCUT2D eigenvalue weighted by Gasteiger charge is -2.00. The van der Waals surface area contributed by atoms with Crippen LogP contribution in [0.2, 0.25) is 0 Å². The zero-order chi connectivity index (χ0) is 17.1. The standard InChI is InChI=1S/C16H12N4O4/c21-10-7-5-9(6-8-10)13-14(15(22)20-18-13)19-17-12-4-2-1-3-11(12)16(23)24/h1-8,21H,(H,23,24)(H2,18,20,22). The molecule has 3 aromatic rings. The molecule has 0 fully saturated rings. The average Bonchev–Trinajstić information content (AvgIpc) is 2.94. The molecule has 0 spiro atoms. The molecule has 0 radical (unpaired) electrons. The minimum absolute atomic E-state index is 0.0144. The van der Waals surface area contributed by atoms with Gasteiger partial charge in [-0.25, -0.2) is 4.79 Å². The zero-order valence-corrected chi connectivity index (χ0v) is 12.2. The van der Waals surface area contributed by atoms with Crippen molar-refractivity contribution in [3.63, 3.8) is 0 Å². The number of aromatic nitrogens is 2. The first-order valence-corrected chi connectivity index (χ1v) is 6.90. The number of aromatic hydroxyl groups is 1. The Labute approximate surface area is 135 Å². The molecule has 8 heteroatoms. The summed E-state index contributed by atoms with van der Waals surface area (Å²) in [5.74, 6) is -1.04. The van der Waals surface area contributed by atoms with E-state index in [2.05, 4.69) is 20.4 Å². The number of aromatic carboxylic acids is 1. The normalized spacial score (nSPS) is 11.0. The fraction of sp³-hybridized carbons (Fsp3) is 0. The SMILES string of the molecule is O=C(O)c1ccccc1N=Nc1c(-c2ccc(O)cc2)[nH][nH]c1=O. The molecule has 0 unspecified atom stereocenters. The number of H-pyrrole nitrogens is 2. The molecule has 0 saturated heterocycles. The van der Waals surface area contributed by atoms with Crippen LogP contribution in [-0.2, 0) is 0 Å². The first-order chi connectivity index (χ1) is 11.6. The van der Waals surface area contributed by atoms with Crippen molar-refractivity contribution < 1.29 is 15.0 Å². The number of phenols is 1. The van der Waals surface area contributed by atoms with E-state index >= 15 is 0 Å².